The van der Waals surface area contributed by atoms with E-state index in [1.807, 2.05) is 17.1 Å². The van der Waals surface area contributed by atoms with Crippen LogP contribution in [0.4, 0.5) is 17.6 Å². The van der Waals surface area contributed by atoms with Crippen LogP contribution in [0, 0.1) is 20.8 Å². The highest BCUT2D eigenvalue weighted by atomic mass is 16.3. The Morgan fingerprint density at radius 1 is 1.19 bits per heavy atom. The minimum Gasteiger partial charge on any atom is -0.394 e. The predicted molar refractivity (Wildman–Crippen MR) is 126 cm³/mol. The molecule has 5 rings (SSSR count). The molecule has 8 nitrogen and oxygen atoms in total. The Morgan fingerprint density at radius 2 is 2.00 bits per heavy atom. The highest BCUT2D eigenvalue weighted by Crippen LogP contribution is 2.31. The molecule has 2 aliphatic heterocycles. The number of rotatable bonds is 5. The third kappa shape index (κ3) is 3.84. The van der Waals surface area contributed by atoms with E-state index >= 15 is 0 Å². The third-order valence-electron chi connectivity index (χ3n) is 6.81. The summed E-state index contributed by atoms with van der Waals surface area (Å²) in [5, 5.41) is 16.6. The summed E-state index contributed by atoms with van der Waals surface area (Å²) in [6.07, 6.45) is 6.76. The minimum absolute atomic E-state index is 0.129. The molecule has 168 valence electrons. The van der Waals surface area contributed by atoms with E-state index in [-0.39, 0.29) is 12.6 Å². The first-order chi connectivity index (χ1) is 15.5. The summed E-state index contributed by atoms with van der Waals surface area (Å²) >= 11 is 0. The van der Waals surface area contributed by atoms with Gasteiger partial charge in [-0.25, -0.2) is 9.97 Å². The Labute approximate surface area is 188 Å². The van der Waals surface area contributed by atoms with Crippen LogP contribution in [0.5, 0.6) is 0 Å². The quantitative estimate of drug-likeness (QED) is 0.570. The maximum absolute atomic E-state index is 9.85. The van der Waals surface area contributed by atoms with Crippen molar-refractivity contribution in [3.8, 4) is 5.69 Å². The first-order valence-corrected chi connectivity index (χ1v) is 11.4. The zero-order chi connectivity index (χ0) is 22.2. The molecule has 0 unspecified atom stereocenters. The lowest BCUT2D eigenvalue weighted by Gasteiger charge is -2.29. The van der Waals surface area contributed by atoms with Crippen LogP contribution in [-0.4, -0.2) is 50.4 Å². The number of anilines is 3. The second kappa shape index (κ2) is 8.52. The summed E-state index contributed by atoms with van der Waals surface area (Å²) in [7, 11) is 0. The monoisotopic (exact) mass is 433 g/mol. The van der Waals surface area contributed by atoms with Crippen LogP contribution in [0.15, 0.2) is 24.7 Å². The number of nitrogens with zero attached hydrogens (tertiary/aromatic N) is 5. The van der Waals surface area contributed by atoms with Crippen LogP contribution in [0.25, 0.3) is 5.69 Å². The van der Waals surface area contributed by atoms with E-state index in [0.717, 1.165) is 56.1 Å². The number of benzene rings is 1. The molecule has 32 heavy (non-hydrogen) atoms. The van der Waals surface area contributed by atoms with Gasteiger partial charge < -0.3 is 25.2 Å². The summed E-state index contributed by atoms with van der Waals surface area (Å²) < 4.78 is 2.02. The van der Waals surface area contributed by atoms with Crippen molar-refractivity contribution < 1.29 is 5.11 Å². The smallest absolute Gasteiger partial charge is 0.230 e. The SMILES string of the molecule is Cc1cc(-n2cnc(Nc3nc4c(c(N5CCC[C@H]5CO)n3)CCNC4)c2)cc(C)c1C. The third-order valence-corrected chi connectivity index (χ3v) is 6.81. The highest BCUT2D eigenvalue weighted by molar-refractivity contribution is 5.58. The van der Waals surface area contributed by atoms with Crippen molar-refractivity contribution in [1.29, 1.82) is 0 Å². The fourth-order valence-electron chi connectivity index (χ4n) is 4.74. The van der Waals surface area contributed by atoms with Gasteiger partial charge in [0.1, 0.15) is 12.1 Å². The number of imidazole rings is 1. The lowest BCUT2D eigenvalue weighted by molar-refractivity contribution is 0.266. The lowest BCUT2D eigenvalue weighted by atomic mass is 10.0. The molecule has 1 saturated heterocycles. The Kier molecular flexibility index (Phi) is 5.57. The van der Waals surface area contributed by atoms with E-state index in [0.29, 0.717) is 11.8 Å². The Balaban J connectivity index is 1.46. The van der Waals surface area contributed by atoms with Gasteiger partial charge in [0.2, 0.25) is 5.95 Å². The number of hydrogen-bond donors (Lipinski definition) is 3. The number of aromatic nitrogens is 4. The molecule has 0 bridgehead atoms. The zero-order valence-corrected chi connectivity index (χ0v) is 19.0. The second-order valence-corrected chi connectivity index (χ2v) is 8.89. The van der Waals surface area contributed by atoms with Crippen LogP contribution in [0.3, 0.4) is 0 Å². The normalized spacial score (nSPS) is 18.1. The molecule has 3 N–H and O–H groups in total. The lowest BCUT2D eigenvalue weighted by Crippen LogP contribution is -2.36. The van der Waals surface area contributed by atoms with Gasteiger partial charge in [0.25, 0.3) is 0 Å². The van der Waals surface area contributed by atoms with Gasteiger partial charge in [-0.3, -0.25) is 0 Å². The largest absolute Gasteiger partial charge is 0.394 e. The number of hydrogen-bond acceptors (Lipinski definition) is 7. The van der Waals surface area contributed by atoms with Crippen molar-refractivity contribution in [2.75, 3.05) is 29.9 Å². The van der Waals surface area contributed by atoms with Crippen LogP contribution in [0.1, 0.15) is 40.8 Å². The second-order valence-electron chi connectivity index (χ2n) is 8.89. The maximum atomic E-state index is 9.85. The fraction of sp³-hybridized carbons (Fsp3) is 0.458. The van der Waals surface area contributed by atoms with Crippen molar-refractivity contribution in [3.05, 3.63) is 52.6 Å². The molecule has 0 radical (unpaired) electrons. The van der Waals surface area contributed by atoms with E-state index in [9.17, 15) is 5.11 Å². The van der Waals surface area contributed by atoms with Gasteiger partial charge in [0, 0.05) is 24.3 Å². The Morgan fingerprint density at radius 3 is 2.78 bits per heavy atom. The number of nitrogens with one attached hydrogen (secondary N) is 2. The van der Waals surface area contributed by atoms with Crippen LogP contribution >= 0.6 is 0 Å². The molecule has 8 heteroatoms. The predicted octanol–water partition coefficient (Wildman–Crippen LogP) is 2.94. The van der Waals surface area contributed by atoms with Gasteiger partial charge in [-0.05, 0) is 75.4 Å². The maximum Gasteiger partial charge on any atom is 0.230 e. The summed E-state index contributed by atoms with van der Waals surface area (Å²) in [6.45, 7) is 9.15. The standard InChI is InChI=1S/C24H31N7O/c1-15-9-19(10-16(2)17(15)3)30-12-22(26-14-30)28-24-27-21-11-25-7-6-20(21)23(29-24)31-8-4-5-18(31)13-32/h9-10,12,14,18,25,32H,4-8,11,13H2,1-3H3,(H,27,28,29)/t18-/m0/s1. The Hall–Kier alpha value is -2.97. The molecule has 0 aliphatic carbocycles. The van der Waals surface area contributed by atoms with Crippen LogP contribution < -0.4 is 15.5 Å². The van der Waals surface area contributed by atoms with E-state index in [1.54, 1.807) is 0 Å². The molecule has 2 aromatic heterocycles. The van der Waals surface area contributed by atoms with Gasteiger partial charge in [0.05, 0.1) is 24.5 Å². The first-order valence-electron chi connectivity index (χ1n) is 11.4. The average molecular weight is 434 g/mol. The molecular formula is C24H31N7O. The topological polar surface area (TPSA) is 91.1 Å². The van der Waals surface area contributed by atoms with Crippen molar-refractivity contribution in [3.63, 3.8) is 0 Å². The molecule has 0 amide bonds. The van der Waals surface area contributed by atoms with Gasteiger partial charge >= 0.3 is 0 Å². The van der Waals surface area contributed by atoms with Crippen molar-refractivity contribution in [2.45, 2.75) is 52.6 Å². The molecule has 1 fully saturated rings. The van der Waals surface area contributed by atoms with E-state index in [4.69, 9.17) is 9.97 Å². The minimum atomic E-state index is 0.129. The molecule has 1 atom stereocenters. The number of aliphatic hydroxyl groups is 1. The molecule has 1 aromatic carbocycles. The van der Waals surface area contributed by atoms with Crippen molar-refractivity contribution in [2.24, 2.45) is 0 Å². The van der Waals surface area contributed by atoms with Gasteiger partial charge in [-0.15, -0.1) is 0 Å². The highest BCUT2D eigenvalue weighted by Gasteiger charge is 2.29. The molecule has 2 aliphatic rings. The van der Waals surface area contributed by atoms with Crippen LogP contribution in [0.2, 0.25) is 0 Å². The fourth-order valence-corrected chi connectivity index (χ4v) is 4.74. The number of aryl methyl sites for hydroxylation is 2. The van der Waals surface area contributed by atoms with E-state index in [1.165, 1.54) is 22.3 Å². The molecule has 0 spiro atoms. The molecule has 4 heterocycles. The molecular weight excluding hydrogens is 402 g/mol. The van der Waals surface area contributed by atoms with E-state index in [2.05, 4.69) is 53.4 Å². The van der Waals surface area contributed by atoms with Gasteiger partial charge in [-0.2, -0.15) is 4.98 Å². The molecule has 3 aromatic rings. The summed E-state index contributed by atoms with van der Waals surface area (Å²) in [6, 6.07) is 4.48. The average Bonchev–Trinajstić information content (AvgIpc) is 3.46. The van der Waals surface area contributed by atoms with Crippen molar-refractivity contribution in [1.82, 2.24) is 24.8 Å². The first kappa shape index (κ1) is 20.9. The number of aliphatic hydroxyl groups excluding tert-OH is 1. The van der Waals surface area contributed by atoms with Crippen LogP contribution in [-0.2, 0) is 13.0 Å². The summed E-state index contributed by atoms with van der Waals surface area (Å²) in [5.41, 5.74) is 7.16. The Bertz CT molecular complexity index is 1120. The number of fused-ring (bicyclic) bond motifs is 1. The van der Waals surface area contributed by atoms with Gasteiger partial charge in [0.15, 0.2) is 5.82 Å². The van der Waals surface area contributed by atoms with E-state index < -0.39 is 0 Å². The zero-order valence-electron chi connectivity index (χ0n) is 19.0. The van der Waals surface area contributed by atoms with Gasteiger partial charge in [-0.1, -0.05) is 0 Å². The molecule has 0 saturated carbocycles. The summed E-state index contributed by atoms with van der Waals surface area (Å²) in [4.78, 5) is 16.5. The summed E-state index contributed by atoms with van der Waals surface area (Å²) in [5.74, 6) is 2.21. The van der Waals surface area contributed by atoms with Crippen molar-refractivity contribution >= 4 is 17.6 Å².